The van der Waals surface area contributed by atoms with Crippen LogP contribution in [0.25, 0.3) is 0 Å². The third-order valence-electron chi connectivity index (χ3n) is 3.07. The van der Waals surface area contributed by atoms with E-state index in [0.29, 0.717) is 13.0 Å². The second-order valence-corrected chi connectivity index (χ2v) is 4.94. The first kappa shape index (κ1) is 15.2. The van der Waals surface area contributed by atoms with Crippen LogP contribution >= 0.6 is 0 Å². The van der Waals surface area contributed by atoms with Crippen LogP contribution in [0.3, 0.4) is 0 Å². The minimum atomic E-state index is -0.123. The fourth-order valence-corrected chi connectivity index (χ4v) is 2.07. The highest BCUT2D eigenvalue weighted by Gasteiger charge is 2.06. The van der Waals surface area contributed by atoms with Crippen LogP contribution in [-0.4, -0.2) is 27.4 Å². The first-order valence-electron chi connectivity index (χ1n) is 7.19. The Labute approximate surface area is 124 Å². The molecule has 0 aliphatic rings. The lowest BCUT2D eigenvalue weighted by Gasteiger charge is -2.06. The maximum atomic E-state index is 11.9. The van der Waals surface area contributed by atoms with Crippen LogP contribution < -0.4 is 11.1 Å². The first-order valence-corrected chi connectivity index (χ1v) is 7.19. The normalized spacial score (nSPS) is 10.6. The number of benzene rings is 1. The van der Waals surface area contributed by atoms with Crippen molar-refractivity contribution in [3.8, 4) is 0 Å². The zero-order valence-corrected chi connectivity index (χ0v) is 12.2. The Kier molecular flexibility index (Phi) is 5.45. The predicted octanol–water partition coefficient (Wildman–Crippen LogP) is 1.37. The van der Waals surface area contributed by atoms with Gasteiger partial charge in [-0.2, -0.15) is 0 Å². The Morgan fingerprint density at radius 1 is 1.29 bits per heavy atom. The third kappa shape index (κ3) is 4.68. The fraction of sp³-hybridized carbons (Fsp3) is 0.400. The zero-order valence-electron chi connectivity index (χ0n) is 12.2. The molecule has 2 aromatic rings. The molecule has 1 amide bonds. The van der Waals surface area contributed by atoms with Gasteiger partial charge in [0.05, 0.1) is 5.69 Å². The van der Waals surface area contributed by atoms with Crippen LogP contribution in [0, 0.1) is 0 Å². The second-order valence-electron chi connectivity index (χ2n) is 4.94. The molecule has 0 radical (unpaired) electrons. The number of hydrogen-bond donors (Lipinski definition) is 2. The molecular weight excluding hydrogens is 266 g/mol. The number of anilines is 1. The minimum absolute atomic E-state index is 0.123. The molecule has 0 saturated heterocycles. The van der Waals surface area contributed by atoms with E-state index in [4.69, 9.17) is 5.73 Å². The largest absolute Gasteiger partial charge is 0.330 e. The number of nitrogens with two attached hydrogens (primary N) is 1. The Bertz CT molecular complexity index is 576. The van der Waals surface area contributed by atoms with Gasteiger partial charge in [0.2, 0.25) is 5.91 Å². The molecule has 2 rings (SSSR count). The standard InChI is InChI=1S/C15H21N5O/c1-2-3-12-4-6-13(7-5-12)17-15(21)11-20-10-14(8-9-16)18-19-20/h4-7,10H,2-3,8-9,11,16H2,1H3,(H,17,21). The first-order chi connectivity index (χ1) is 10.2. The van der Waals surface area contributed by atoms with Gasteiger partial charge >= 0.3 is 0 Å². The summed E-state index contributed by atoms with van der Waals surface area (Å²) < 4.78 is 1.52. The van der Waals surface area contributed by atoms with E-state index >= 15 is 0 Å². The van der Waals surface area contributed by atoms with Gasteiger partial charge in [0.25, 0.3) is 0 Å². The number of aryl methyl sites for hydroxylation is 1. The van der Waals surface area contributed by atoms with Gasteiger partial charge in [-0.3, -0.25) is 4.79 Å². The van der Waals surface area contributed by atoms with E-state index in [1.165, 1.54) is 10.2 Å². The van der Waals surface area contributed by atoms with Crippen molar-refractivity contribution in [1.82, 2.24) is 15.0 Å². The molecule has 0 unspecified atom stereocenters. The Morgan fingerprint density at radius 3 is 2.71 bits per heavy atom. The molecule has 1 aromatic heterocycles. The number of carbonyl (C=O) groups excluding carboxylic acids is 1. The van der Waals surface area contributed by atoms with E-state index in [1.807, 2.05) is 24.3 Å². The molecule has 21 heavy (non-hydrogen) atoms. The van der Waals surface area contributed by atoms with E-state index in [9.17, 15) is 4.79 Å². The Morgan fingerprint density at radius 2 is 2.05 bits per heavy atom. The molecule has 0 saturated carbocycles. The van der Waals surface area contributed by atoms with Crippen LogP contribution in [0.1, 0.15) is 24.6 Å². The fourth-order valence-electron chi connectivity index (χ4n) is 2.07. The highest BCUT2D eigenvalue weighted by molar-refractivity contribution is 5.90. The van der Waals surface area contributed by atoms with Crippen molar-refractivity contribution in [3.63, 3.8) is 0 Å². The second kappa shape index (κ2) is 7.54. The summed E-state index contributed by atoms with van der Waals surface area (Å²) in [6, 6.07) is 7.91. The van der Waals surface area contributed by atoms with Crippen molar-refractivity contribution in [2.75, 3.05) is 11.9 Å². The summed E-state index contributed by atoms with van der Waals surface area (Å²) in [7, 11) is 0. The number of carbonyl (C=O) groups is 1. The minimum Gasteiger partial charge on any atom is -0.330 e. The number of aromatic nitrogens is 3. The lowest BCUT2D eigenvalue weighted by atomic mass is 10.1. The quantitative estimate of drug-likeness (QED) is 0.805. The molecule has 0 spiro atoms. The van der Waals surface area contributed by atoms with Gasteiger partial charge in [-0.05, 0) is 30.7 Å². The number of rotatable bonds is 7. The van der Waals surface area contributed by atoms with Crippen LogP contribution in [0.15, 0.2) is 30.5 Å². The van der Waals surface area contributed by atoms with E-state index < -0.39 is 0 Å². The van der Waals surface area contributed by atoms with Crippen molar-refractivity contribution >= 4 is 11.6 Å². The number of hydrogen-bond acceptors (Lipinski definition) is 4. The molecule has 0 fully saturated rings. The highest BCUT2D eigenvalue weighted by atomic mass is 16.2. The highest BCUT2D eigenvalue weighted by Crippen LogP contribution is 2.11. The average molecular weight is 287 g/mol. The van der Waals surface area contributed by atoms with Gasteiger partial charge in [0, 0.05) is 18.3 Å². The molecular formula is C15H21N5O. The van der Waals surface area contributed by atoms with Crippen molar-refractivity contribution in [2.24, 2.45) is 5.73 Å². The summed E-state index contributed by atoms with van der Waals surface area (Å²) in [6.45, 7) is 2.82. The van der Waals surface area contributed by atoms with Crippen molar-refractivity contribution in [3.05, 3.63) is 41.7 Å². The van der Waals surface area contributed by atoms with Crippen molar-refractivity contribution in [2.45, 2.75) is 32.7 Å². The van der Waals surface area contributed by atoms with Crippen LogP contribution in [0.4, 0.5) is 5.69 Å². The number of amides is 1. The molecule has 0 aliphatic carbocycles. The Balaban J connectivity index is 1.88. The molecule has 1 heterocycles. The van der Waals surface area contributed by atoms with Gasteiger partial charge in [0.15, 0.2) is 0 Å². The van der Waals surface area contributed by atoms with Crippen molar-refractivity contribution in [1.29, 1.82) is 0 Å². The van der Waals surface area contributed by atoms with E-state index in [2.05, 4.69) is 22.6 Å². The van der Waals surface area contributed by atoms with Gasteiger partial charge < -0.3 is 11.1 Å². The van der Waals surface area contributed by atoms with Gasteiger partial charge in [0.1, 0.15) is 6.54 Å². The van der Waals surface area contributed by atoms with E-state index in [1.54, 1.807) is 6.20 Å². The Hall–Kier alpha value is -2.21. The van der Waals surface area contributed by atoms with Gasteiger partial charge in [-0.1, -0.05) is 30.7 Å². The summed E-state index contributed by atoms with van der Waals surface area (Å²) in [4.78, 5) is 11.9. The average Bonchev–Trinajstić information content (AvgIpc) is 2.89. The summed E-state index contributed by atoms with van der Waals surface area (Å²) in [6.07, 6.45) is 4.58. The van der Waals surface area contributed by atoms with Crippen LogP contribution in [-0.2, 0) is 24.2 Å². The van der Waals surface area contributed by atoms with Crippen LogP contribution in [0.5, 0.6) is 0 Å². The number of nitrogens with one attached hydrogen (secondary N) is 1. The molecule has 0 aliphatic heterocycles. The SMILES string of the molecule is CCCc1ccc(NC(=O)Cn2cc(CCN)nn2)cc1. The summed E-state index contributed by atoms with van der Waals surface area (Å²) >= 11 is 0. The topological polar surface area (TPSA) is 85.8 Å². The molecule has 0 bridgehead atoms. The van der Waals surface area contributed by atoms with Crippen molar-refractivity contribution < 1.29 is 4.79 Å². The molecule has 6 nitrogen and oxygen atoms in total. The summed E-state index contributed by atoms with van der Waals surface area (Å²) in [5.41, 5.74) is 8.32. The molecule has 112 valence electrons. The molecule has 0 atom stereocenters. The third-order valence-corrected chi connectivity index (χ3v) is 3.07. The van der Waals surface area contributed by atoms with Crippen LogP contribution in [0.2, 0.25) is 0 Å². The number of nitrogens with zero attached hydrogens (tertiary/aromatic N) is 3. The van der Waals surface area contributed by atoms with E-state index in [0.717, 1.165) is 24.2 Å². The molecule has 6 heteroatoms. The maximum absolute atomic E-state index is 11.9. The monoisotopic (exact) mass is 287 g/mol. The van der Waals surface area contributed by atoms with Gasteiger partial charge in [-0.15, -0.1) is 5.10 Å². The zero-order chi connectivity index (χ0) is 15.1. The lowest BCUT2D eigenvalue weighted by molar-refractivity contribution is -0.116. The van der Waals surface area contributed by atoms with E-state index in [-0.39, 0.29) is 12.5 Å². The summed E-state index contributed by atoms with van der Waals surface area (Å²) in [5.74, 6) is -0.123. The molecule has 3 N–H and O–H groups in total. The predicted molar refractivity (Wildman–Crippen MR) is 81.8 cm³/mol. The van der Waals surface area contributed by atoms with Gasteiger partial charge in [-0.25, -0.2) is 4.68 Å². The summed E-state index contributed by atoms with van der Waals surface area (Å²) in [5, 5.41) is 10.7. The smallest absolute Gasteiger partial charge is 0.246 e. The maximum Gasteiger partial charge on any atom is 0.246 e. The molecule has 1 aromatic carbocycles. The lowest BCUT2D eigenvalue weighted by Crippen LogP contribution is -2.19.